The van der Waals surface area contributed by atoms with Gasteiger partial charge < -0.3 is 4.74 Å². The molecule has 0 amide bonds. The Kier molecular flexibility index (Phi) is 6.17. The van der Waals surface area contributed by atoms with E-state index in [4.69, 9.17) is 4.74 Å². The summed E-state index contributed by atoms with van der Waals surface area (Å²) in [4.78, 5) is 24.4. The van der Waals surface area contributed by atoms with Gasteiger partial charge in [-0.15, -0.1) is 0 Å². The van der Waals surface area contributed by atoms with Crippen molar-refractivity contribution in [1.29, 1.82) is 0 Å². The average molecular weight is 304 g/mol. The molecule has 1 rings (SSSR count). The van der Waals surface area contributed by atoms with E-state index in [0.29, 0.717) is 19.3 Å². The van der Waals surface area contributed by atoms with Crippen LogP contribution in [0.4, 0.5) is 0 Å². The van der Waals surface area contributed by atoms with Gasteiger partial charge in [-0.1, -0.05) is 13.3 Å². The maximum Gasteiger partial charge on any atom is 0.319 e. The van der Waals surface area contributed by atoms with Gasteiger partial charge in [0.25, 0.3) is 0 Å². The Morgan fingerprint density at radius 2 is 2.00 bits per heavy atom. The molecule has 0 spiro atoms. The van der Waals surface area contributed by atoms with Crippen molar-refractivity contribution < 1.29 is 22.7 Å². The van der Waals surface area contributed by atoms with Gasteiger partial charge in [-0.05, 0) is 32.6 Å². The molecule has 0 radical (unpaired) electrons. The van der Waals surface area contributed by atoms with Crippen molar-refractivity contribution in [1.82, 2.24) is 0 Å². The third kappa shape index (κ3) is 4.04. The van der Waals surface area contributed by atoms with Crippen LogP contribution in [0.3, 0.4) is 0 Å². The molecule has 20 heavy (non-hydrogen) atoms. The minimum atomic E-state index is -3.07. The molecular formula is C14H24O5S. The van der Waals surface area contributed by atoms with Crippen LogP contribution in [0.2, 0.25) is 0 Å². The molecule has 0 aromatic carbocycles. The summed E-state index contributed by atoms with van der Waals surface area (Å²) in [6, 6.07) is 0. The molecule has 1 fully saturated rings. The molecule has 0 heterocycles. The Morgan fingerprint density at radius 1 is 1.30 bits per heavy atom. The average Bonchev–Trinajstić information content (AvgIpc) is 2.41. The minimum absolute atomic E-state index is 0.0257. The van der Waals surface area contributed by atoms with E-state index in [1.54, 1.807) is 13.8 Å². The molecular weight excluding hydrogens is 280 g/mol. The minimum Gasteiger partial charge on any atom is -0.465 e. The fourth-order valence-electron chi connectivity index (χ4n) is 2.68. The summed E-state index contributed by atoms with van der Waals surface area (Å²) in [6.45, 7) is 3.55. The topological polar surface area (TPSA) is 77.5 Å². The zero-order valence-electron chi connectivity index (χ0n) is 12.3. The van der Waals surface area contributed by atoms with Gasteiger partial charge in [0.15, 0.2) is 0 Å². The van der Waals surface area contributed by atoms with Crippen LogP contribution >= 0.6 is 0 Å². The lowest BCUT2D eigenvalue weighted by Gasteiger charge is -2.33. The van der Waals surface area contributed by atoms with Crippen LogP contribution in [0.15, 0.2) is 0 Å². The number of Topliss-reactive ketones (excluding diaryl/α,β-unsaturated/α-hetero) is 1. The van der Waals surface area contributed by atoms with Crippen molar-refractivity contribution >= 4 is 21.6 Å². The molecule has 5 nitrogen and oxygen atoms in total. The Bertz CT molecular complexity index is 454. The quantitative estimate of drug-likeness (QED) is 0.530. The molecule has 6 heteroatoms. The molecule has 0 bridgehead atoms. The first kappa shape index (κ1) is 17.1. The van der Waals surface area contributed by atoms with E-state index in [2.05, 4.69) is 0 Å². The highest BCUT2D eigenvalue weighted by atomic mass is 32.2. The first-order valence-electron chi connectivity index (χ1n) is 7.29. The van der Waals surface area contributed by atoms with Crippen LogP contribution in [0.25, 0.3) is 0 Å². The maximum absolute atomic E-state index is 12.2. The van der Waals surface area contributed by atoms with Gasteiger partial charge in [0, 0.05) is 12.2 Å². The normalized spacial score (nSPS) is 23.6. The van der Waals surface area contributed by atoms with Crippen molar-refractivity contribution in [2.75, 3.05) is 18.1 Å². The van der Waals surface area contributed by atoms with Gasteiger partial charge in [-0.3, -0.25) is 9.59 Å². The van der Waals surface area contributed by atoms with E-state index in [9.17, 15) is 18.0 Å². The highest BCUT2D eigenvalue weighted by Gasteiger charge is 2.47. The summed E-state index contributed by atoms with van der Waals surface area (Å²) in [7, 11) is -3.07. The second-order valence-electron chi connectivity index (χ2n) is 5.27. The number of sulfone groups is 1. The van der Waals surface area contributed by atoms with Gasteiger partial charge in [0.1, 0.15) is 21.0 Å². The van der Waals surface area contributed by atoms with E-state index in [1.807, 2.05) is 0 Å². The molecule has 1 atom stereocenters. The number of ketones is 1. The number of carbonyl (C=O) groups excluding carboxylic acids is 2. The largest absolute Gasteiger partial charge is 0.465 e. The third-order valence-corrected chi connectivity index (χ3v) is 5.75. The Labute approximate surface area is 121 Å². The lowest BCUT2D eigenvalue weighted by molar-refractivity contribution is -0.162. The molecule has 1 aliphatic carbocycles. The molecule has 0 aromatic rings. The molecule has 0 aromatic heterocycles. The van der Waals surface area contributed by atoms with E-state index >= 15 is 0 Å². The van der Waals surface area contributed by atoms with Crippen LogP contribution < -0.4 is 0 Å². The van der Waals surface area contributed by atoms with Crippen molar-refractivity contribution in [3.63, 3.8) is 0 Å². The zero-order valence-corrected chi connectivity index (χ0v) is 13.1. The fraction of sp³-hybridized carbons (Fsp3) is 0.857. The van der Waals surface area contributed by atoms with E-state index < -0.39 is 21.2 Å². The van der Waals surface area contributed by atoms with E-state index in [0.717, 1.165) is 12.8 Å². The van der Waals surface area contributed by atoms with Crippen molar-refractivity contribution in [2.45, 2.75) is 52.4 Å². The monoisotopic (exact) mass is 304 g/mol. The number of rotatable bonds is 7. The van der Waals surface area contributed by atoms with Crippen LogP contribution in [0.5, 0.6) is 0 Å². The second kappa shape index (κ2) is 7.20. The number of carbonyl (C=O) groups is 2. The first-order valence-corrected chi connectivity index (χ1v) is 9.11. The van der Waals surface area contributed by atoms with Gasteiger partial charge >= 0.3 is 5.97 Å². The predicted octanol–water partition coefficient (Wildman–Crippen LogP) is 1.89. The predicted molar refractivity (Wildman–Crippen MR) is 76.1 cm³/mol. The molecule has 0 aliphatic heterocycles. The molecule has 1 aliphatic rings. The summed E-state index contributed by atoms with van der Waals surface area (Å²) in [5, 5.41) is 0. The number of esters is 1. The first-order chi connectivity index (χ1) is 9.38. The summed E-state index contributed by atoms with van der Waals surface area (Å²) in [6.07, 6.45) is 3.10. The molecule has 1 saturated carbocycles. The smallest absolute Gasteiger partial charge is 0.319 e. The van der Waals surface area contributed by atoms with E-state index in [1.165, 1.54) is 0 Å². The molecule has 0 N–H and O–H groups in total. The standard InChI is InChI=1S/C14H24O5S/c1-3-19-13(16)14(9-6-5-8-12(14)15)10-7-11-20(17,18)4-2/h3-11H2,1-2H3. The maximum atomic E-state index is 12.2. The second-order valence-corrected chi connectivity index (χ2v) is 7.75. The van der Waals surface area contributed by atoms with Gasteiger partial charge in [0.2, 0.25) is 0 Å². The Morgan fingerprint density at radius 3 is 2.55 bits per heavy atom. The van der Waals surface area contributed by atoms with Crippen molar-refractivity contribution in [2.24, 2.45) is 5.41 Å². The SMILES string of the molecule is CCOC(=O)C1(CCCS(=O)(=O)CC)CCCCC1=O. The van der Waals surface area contributed by atoms with Crippen molar-refractivity contribution in [3.8, 4) is 0 Å². The summed E-state index contributed by atoms with van der Waals surface area (Å²) in [5.41, 5.74) is -1.10. The molecule has 116 valence electrons. The number of hydrogen-bond donors (Lipinski definition) is 0. The van der Waals surface area contributed by atoms with Crippen molar-refractivity contribution in [3.05, 3.63) is 0 Å². The van der Waals surface area contributed by atoms with Crippen LogP contribution in [0, 0.1) is 5.41 Å². The van der Waals surface area contributed by atoms with Crippen LogP contribution in [0.1, 0.15) is 52.4 Å². The summed E-state index contributed by atoms with van der Waals surface area (Å²) < 4.78 is 28.1. The highest BCUT2D eigenvalue weighted by Crippen LogP contribution is 2.39. The lowest BCUT2D eigenvalue weighted by Crippen LogP contribution is -2.43. The van der Waals surface area contributed by atoms with Gasteiger partial charge in [0.05, 0.1) is 12.4 Å². The van der Waals surface area contributed by atoms with Crippen LogP contribution in [-0.4, -0.2) is 38.3 Å². The summed E-state index contributed by atoms with van der Waals surface area (Å²) in [5.74, 6) is -0.444. The number of ether oxygens (including phenoxy) is 1. The van der Waals surface area contributed by atoms with Gasteiger partial charge in [-0.2, -0.15) is 0 Å². The van der Waals surface area contributed by atoms with Gasteiger partial charge in [-0.25, -0.2) is 8.42 Å². The molecule has 1 unspecified atom stereocenters. The lowest BCUT2D eigenvalue weighted by atomic mass is 9.70. The fourth-order valence-corrected chi connectivity index (χ4v) is 3.55. The Hall–Kier alpha value is -0.910. The van der Waals surface area contributed by atoms with E-state index in [-0.39, 0.29) is 30.3 Å². The molecule has 0 saturated heterocycles. The number of hydrogen-bond acceptors (Lipinski definition) is 5. The zero-order chi connectivity index (χ0) is 15.2. The van der Waals surface area contributed by atoms with Crippen LogP contribution in [-0.2, 0) is 24.2 Å². The third-order valence-electron chi connectivity index (χ3n) is 3.96. The highest BCUT2D eigenvalue weighted by molar-refractivity contribution is 7.91. The Balaban J connectivity index is 2.78. The summed E-state index contributed by atoms with van der Waals surface area (Å²) >= 11 is 0.